The molecule has 1 rings (SSSR count). The van der Waals surface area contributed by atoms with Crippen molar-refractivity contribution in [3.8, 4) is 0 Å². The van der Waals surface area contributed by atoms with Gasteiger partial charge in [0, 0.05) is 0 Å². The van der Waals surface area contributed by atoms with E-state index < -0.39 is 18.1 Å². The molecule has 7 heteroatoms. The molecule has 0 radical (unpaired) electrons. The first-order chi connectivity index (χ1) is 7.98. The van der Waals surface area contributed by atoms with E-state index in [2.05, 4.69) is 0 Å². The third-order valence-electron chi connectivity index (χ3n) is 2.82. The molecule has 0 bridgehead atoms. The fraction of sp³-hybridized carbons (Fsp3) is 0.500. The van der Waals surface area contributed by atoms with Gasteiger partial charge in [0.15, 0.2) is 0 Å². The summed E-state index contributed by atoms with van der Waals surface area (Å²) in [7, 11) is 0. The van der Waals surface area contributed by atoms with Crippen LogP contribution in [0.15, 0.2) is 12.1 Å². The molecule has 0 saturated carbocycles. The highest BCUT2D eigenvalue weighted by atomic mass is 35.5. The Bertz CT molecular complexity index is 433. The van der Waals surface area contributed by atoms with Crippen LogP contribution in [0, 0.1) is 20.8 Å². The van der Waals surface area contributed by atoms with Crippen molar-refractivity contribution in [2.75, 3.05) is 0 Å². The molecule has 2 N–H and O–H groups in total. The highest BCUT2D eigenvalue weighted by Crippen LogP contribution is 2.44. The van der Waals surface area contributed by atoms with Gasteiger partial charge in [0.2, 0.25) is 0 Å². The summed E-state index contributed by atoms with van der Waals surface area (Å²) in [4.78, 5) is 0. The van der Waals surface area contributed by atoms with Gasteiger partial charge >= 0.3 is 12.1 Å². The van der Waals surface area contributed by atoms with Crippen LogP contribution in [-0.2, 0) is 0 Å². The first kappa shape index (κ1) is 18.1. The van der Waals surface area contributed by atoms with E-state index >= 15 is 0 Å². The van der Waals surface area contributed by atoms with Crippen molar-refractivity contribution in [2.45, 2.75) is 38.9 Å². The molecule has 0 fully saturated rings. The number of rotatable bonds is 2. The zero-order chi connectivity index (χ0) is 14.3. The quantitative estimate of drug-likeness (QED) is 0.813. The van der Waals surface area contributed by atoms with Crippen LogP contribution in [0.4, 0.5) is 22.0 Å². The topological polar surface area (TPSA) is 26.0 Å². The van der Waals surface area contributed by atoms with Crippen LogP contribution in [0.2, 0.25) is 0 Å². The summed E-state index contributed by atoms with van der Waals surface area (Å²) < 4.78 is 63.3. The molecule has 0 heterocycles. The summed E-state index contributed by atoms with van der Waals surface area (Å²) >= 11 is 0. The number of hydrogen-bond donors (Lipinski definition) is 1. The number of hydrogen-bond acceptors (Lipinski definition) is 1. The van der Waals surface area contributed by atoms with E-state index in [4.69, 9.17) is 5.73 Å². The van der Waals surface area contributed by atoms with E-state index in [0.717, 1.165) is 5.56 Å². The van der Waals surface area contributed by atoms with Crippen molar-refractivity contribution in [3.05, 3.63) is 34.4 Å². The fourth-order valence-corrected chi connectivity index (χ4v) is 2.04. The molecule has 0 aliphatic carbocycles. The Morgan fingerprint density at radius 2 is 1.32 bits per heavy atom. The van der Waals surface area contributed by atoms with Crippen LogP contribution in [0.25, 0.3) is 0 Å². The van der Waals surface area contributed by atoms with Crippen molar-refractivity contribution >= 4 is 12.4 Å². The second-order valence-electron chi connectivity index (χ2n) is 4.41. The molecule has 0 saturated heterocycles. The normalized spacial score (nSPS) is 13.9. The summed E-state index contributed by atoms with van der Waals surface area (Å²) in [6, 6.07) is 0.682. The van der Waals surface area contributed by atoms with Crippen molar-refractivity contribution in [1.29, 1.82) is 0 Å². The van der Waals surface area contributed by atoms with Crippen molar-refractivity contribution in [1.82, 2.24) is 0 Å². The number of halogens is 6. The lowest BCUT2D eigenvalue weighted by Gasteiger charge is -2.28. The molecule has 0 spiro atoms. The molecule has 1 nitrogen and oxygen atoms in total. The first-order valence-corrected chi connectivity index (χ1v) is 5.26. The van der Waals surface area contributed by atoms with Crippen molar-refractivity contribution in [2.24, 2.45) is 5.73 Å². The molecule has 0 unspecified atom stereocenters. The third-order valence-corrected chi connectivity index (χ3v) is 2.82. The number of alkyl halides is 5. The minimum Gasteiger partial charge on any atom is -0.319 e. The number of nitrogens with two attached hydrogens (primary N) is 1. The standard InChI is InChI=1S/C12H14F5N.ClH/c1-6-4-7(2)9(8(3)5-6)10(18)11(13,14)12(15,16)17;/h4-5,10H,18H2,1-3H3;1H/t10-;/m1./s1. The van der Waals surface area contributed by atoms with Gasteiger partial charge in [-0.2, -0.15) is 22.0 Å². The van der Waals surface area contributed by atoms with E-state index in [1.54, 1.807) is 6.92 Å². The molecule has 1 aromatic carbocycles. The van der Waals surface area contributed by atoms with Crippen molar-refractivity contribution in [3.63, 3.8) is 0 Å². The predicted molar refractivity (Wildman–Crippen MR) is 65.8 cm³/mol. The second-order valence-corrected chi connectivity index (χ2v) is 4.41. The van der Waals surface area contributed by atoms with E-state index in [1.807, 2.05) is 0 Å². The van der Waals surface area contributed by atoms with Crippen molar-refractivity contribution < 1.29 is 22.0 Å². The Morgan fingerprint density at radius 1 is 0.947 bits per heavy atom. The van der Waals surface area contributed by atoms with Crippen LogP contribution in [0.1, 0.15) is 28.3 Å². The Balaban J connectivity index is 0.00000324. The zero-order valence-electron chi connectivity index (χ0n) is 10.6. The smallest absolute Gasteiger partial charge is 0.319 e. The predicted octanol–water partition coefficient (Wildman–Crippen LogP) is 4.23. The SMILES string of the molecule is Cc1cc(C)c([C@@H](N)C(F)(F)C(F)(F)F)c(C)c1.Cl. The van der Waals surface area contributed by atoms with Gasteiger partial charge in [-0.3, -0.25) is 0 Å². The minimum atomic E-state index is -5.66. The second kappa shape index (κ2) is 5.63. The Kier molecular flexibility index (Phi) is 5.37. The molecule has 1 atom stereocenters. The highest BCUT2D eigenvalue weighted by molar-refractivity contribution is 5.85. The lowest BCUT2D eigenvalue weighted by molar-refractivity contribution is -0.291. The Hall–Kier alpha value is -0.880. The molecule has 0 aliphatic rings. The Labute approximate surface area is 114 Å². The highest BCUT2D eigenvalue weighted by Gasteiger charge is 2.62. The van der Waals surface area contributed by atoms with Gasteiger partial charge in [0.1, 0.15) is 6.04 Å². The molecular weight excluding hydrogens is 289 g/mol. The summed E-state index contributed by atoms with van der Waals surface area (Å²) in [6.07, 6.45) is -5.66. The lowest BCUT2D eigenvalue weighted by Crippen LogP contribution is -2.46. The van der Waals surface area contributed by atoms with Gasteiger partial charge < -0.3 is 5.73 Å². The maximum Gasteiger partial charge on any atom is 0.455 e. The molecule has 0 aromatic heterocycles. The molecule has 1 aromatic rings. The summed E-state index contributed by atoms with van der Waals surface area (Å²) in [5.74, 6) is -4.95. The van der Waals surface area contributed by atoms with Gasteiger partial charge in [0.25, 0.3) is 0 Å². The van der Waals surface area contributed by atoms with E-state index in [9.17, 15) is 22.0 Å². The van der Waals surface area contributed by atoms with E-state index in [0.29, 0.717) is 11.1 Å². The van der Waals surface area contributed by atoms with Crippen LogP contribution in [-0.4, -0.2) is 12.1 Å². The number of aryl methyl sites for hydroxylation is 3. The first-order valence-electron chi connectivity index (χ1n) is 5.26. The van der Waals surface area contributed by atoms with Gasteiger partial charge in [-0.25, -0.2) is 0 Å². The van der Waals surface area contributed by atoms with E-state index in [1.165, 1.54) is 26.0 Å². The van der Waals surface area contributed by atoms with Crippen LogP contribution >= 0.6 is 12.4 Å². The van der Waals surface area contributed by atoms with Crippen LogP contribution in [0.3, 0.4) is 0 Å². The average Bonchev–Trinajstić information content (AvgIpc) is 2.13. The zero-order valence-corrected chi connectivity index (χ0v) is 11.4. The largest absolute Gasteiger partial charge is 0.455 e. The fourth-order valence-electron chi connectivity index (χ4n) is 2.04. The van der Waals surface area contributed by atoms with Gasteiger partial charge in [-0.05, 0) is 37.5 Å². The van der Waals surface area contributed by atoms with Gasteiger partial charge in [-0.15, -0.1) is 12.4 Å². The van der Waals surface area contributed by atoms with Crippen LogP contribution < -0.4 is 5.73 Å². The third kappa shape index (κ3) is 3.36. The van der Waals surface area contributed by atoms with Crippen LogP contribution in [0.5, 0.6) is 0 Å². The summed E-state index contributed by atoms with van der Waals surface area (Å²) in [5, 5.41) is 0. The molecular formula is C12H15ClF5N. The van der Waals surface area contributed by atoms with Gasteiger partial charge in [0.05, 0.1) is 0 Å². The number of benzene rings is 1. The maximum absolute atomic E-state index is 13.2. The molecule has 0 aliphatic heterocycles. The monoisotopic (exact) mass is 303 g/mol. The summed E-state index contributed by atoms with van der Waals surface area (Å²) in [6.45, 7) is 4.68. The molecule has 110 valence electrons. The average molecular weight is 304 g/mol. The van der Waals surface area contributed by atoms with Gasteiger partial charge in [-0.1, -0.05) is 17.7 Å². The lowest BCUT2D eigenvalue weighted by atomic mass is 9.91. The minimum absolute atomic E-state index is 0. The maximum atomic E-state index is 13.2. The molecule has 0 amide bonds. The van der Waals surface area contributed by atoms with E-state index in [-0.39, 0.29) is 18.0 Å². The Morgan fingerprint density at radius 3 is 1.63 bits per heavy atom. The summed E-state index contributed by atoms with van der Waals surface area (Å²) in [5.41, 5.74) is 6.45. The molecule has 19 heavy (non-hydrogen) atoms.